The first-order valence-electron chi connectivity index (χ1n) is 6.06. The number of nitrogen functional groups attached to an aromatic ring is 1. The molecule has 0 bridgehead atoms. The van der Waals surface area contributed by atoms with Crippen molar-refractivity contribution in [3.05, 3.63) is 30.5 Å². The topological polar surface area (TPSA) is 82.3 Å². The molecule has 0 fully saturated rings. The van der Waals surface area contributed by atoms with E-state index in [0.717, 1.165) is 23.6 Å². The van der Waals surface area contributed by atoms with Gasteiger partial charge < -0.3 is 20.5 Å². The normalized spacial score (nSPS) is 13.7. The zero-order chi connectivity index (χ0) is 13.1. The minimum atomic E-state index is 0.236. The van der Waals surface area contributed by atoms with Crippen molar-refractivity contribution in [3.8, 4) is 11.5 Å². The van der Waals surface area contributed by atoms with E-state index >= 15 is 0 Å². The molecule has 3 rings (SSSR count). The van der Waals surface area contributed by atoms with Crippen LogP contribution in [-0.4, -0.2) is 23.2 Å². The average Bonchev–Trinajstić information content (AvgIpc) is 2.63. The summed E-state index contributed by atoms with van der Waals surface area (Å²) in [4.78, 5) is 7.93. The minimum Gasteiger partial charge on any atom is -0.490 e. The molecule has 6 nitrogen and oxygen atoms in total. The van der Waals surface area contributed by atoms with Gasteiger partial charge in [0.1, 0.15) is 5.82 Å². The molecule has 1 aliphatic rings. The van der Waals surface area contributed by atoms with Gasteiger partial charge >= 0.3 is 0 Å². The maximum Gasteiger partial charge on any atom is 0.221 e. The monoisotopic (exact) mass is 258 g/mol. The maximum absolute atomic E-state index is 5.63. The summed E-state index contributed by atoms with van der Waals surface area (Å²) in [5.74, 6) is 2.39. The molecule has 98 valence electrons. The molecule has 3 N–H and O–H groups in total. The summed E-state index contributed by atoms with van der Waals surface area (Å²) in [6, 6.07) is 7.43. The highest BCUT2D eigenvalue weighted by Crippen LogP contribution is 2.33. The number of anilines is 3. The van der Waals surface area contributed by atoms with Crippen LogP contribution < -0.4 is 20.5 Å². The summed E-state index contributed by atoms with van der Waals surface area (Å²) in [6.07, 6.45) is 2.49. The maximum atomic E-state index is 5.63. The number of hydrogen-bond donors (Lipinski definition) is 2. The van der Waals surface area contributed by atoms with Gasteiger partial charge in [-0.25, -0.2) is 4.98 Å². The number of fused-ring (bicyclic) bond motifs is 1. The summed E-state index contributed by atoms with van der Waals surface area (Å²) < 4.78 is 11.2. The highest BCUT2D eigenvalue weighted by Gasteiger charge is 2.10. The molecule has 0 spiro atoms. The van der Waals surface area contributed by atoms with Gasteiger partial charge in [-0.15, -0.1) is 0 Å². The molecule has 0 unspecified atom stereocenters. The van der Waals surface area contributed by atoms with Crippen LogP contribution in [0, 0.1) is 0 Å². The van der Waals surface area contributed by atoms with Gasteiger partial charge in [-0.2, -0.15) is 4.98 Å². The second-order valence-corrected chi connectivity index (χ2v) is 4.14. The van der Waals surface area contributed by atoms with Crippen LogP contribution in [0.15, 0.2) is 30.5 Å². The summed E-state index contributed by atoms with van der Waals surface area (Å²) >= 11 is 0. The molecule has 0 amide bonds. The lowest BCUT2D eigenvalue weighted by Gasteiger charge is -2.10. The molecule has 0 saturated carbocycles. The first-order valence-corrected chi connectivity index (χ1v) is 6.06. The molecule has 0 aliphatic carbocycles. The van der Waals surface area contributed by atoms with Crippen molar-refractivity contribution in [2.24, 2.45) is 0 Å². The van der Waals surface area contributed by atoms with E-state index < -0.39 is 0 Å². The Hall–Kier alpha value is -2.50. The van der Waals surface area contributed by atoms with Crippen LogP contribution in [0.25, 0.3) is 0 Å². The van der Waals surface area contributed by atoms with Gasteiger partial charge in [0.15, 0.2) is 11.5 Å². The van der Waals surface area contributed by atoms with Crippen LogP contribution in [0.3, 0.4) is 0 Å². The molecule has 19 heavy (non-hydrogen) atoms. The second kappa shape index (κ2) is 5.01. The van der Waals surface area contributed by atoms with Crippen molar-refractivity contribution in [1.29, 1.82) is 0 Å². The van der Waals surface area contributed by atoms with Gasteiger partial charge in [0, 0.05) is 24.4 Å². The van der Waals surface area contributed by atoms with Crippen molar-refractivity contribution in [2.45, 2.75) is 6.42 Å². The van der Waals surface area contributed by atoms with Crippen molar-refractivity contribution in [3.63, 3.8) is 0 Å². The van der Waals surface area contributed by atoms with Gasteiger partial charge in [0.2, 0.25) is 5.95 Å². The largest absolute Gasteiger partial charge is 0.490 e. The molecular formula is C13H14N4O2. The standard InChI is InChI=1S/C13H14N4O2/c14-13-15-5-4-12(17-13)16-9-2-3-10-11(8-9)19-7-1-6-18-10/h2-5,8H,1,6-7H2,(H3,14,15,16,17). The van der Waals surface area contributed by atoms with Crippen LogP contribution in [0.1, 0.15) is 6.42 Å². The number of nitrogens with zero attached hydrogens (tertiary/aromatic N) is 2. The lowest BCUT2D eigenvalue weighted by Crippen LogP contribution is -1.99. The van der Waals surface area contributed by atoms with Gasteiger partial charge in [0.25, 0.3) is 0 Å². The Bertz CT molecular complexity index is 589. The first-order chi connectivity index (χ1) is 9.31. The molecule has 1 aliphatic heterocycles. The van der Waals surface area contributed by atoms with Crippen LogP contribution in [0.2, 0.25) is 0 Å². The number of ether oxygens (including phenoxy) is 2. The highest BCUT2D eigenvalue weighted by atomic mass is 16.5. The Morgan fingerprint density at radius 3 is 2.79 bits per heavy atom. The van der Waals surface area contributed by atoms with Crippen LogP contribution in [-0.2, 0) is 0 Å². The third-order valence-electron chi connectivity index (χ3n) is 2.69. The summed E-state index contributed by atoms with van der Waals surface area (Å²) in [5.41, 5.74) is 6.40. The Morgan fingerprint density at radius 1 is 1.11 bits per heavy atom. The van der Waals surface area contributed by atoms with E-state index in [-0.39, 0.29) is 5.95 Å². The van der Waals surface area contributed by atoms with E-state index in [2.05, 4.69) is 15.3 Å². The van der Waals surface area contributed by atoms with E-state index in [1.807, 2.05) is 18.2 Å². The van der Waals surface area contributed by atoms with Gasteiger partial charge in [-0.05, 0) is 18.2 Å². The van der Waals surface area contributed by atoms with Crippen molar-refractivity contribution in [1.82, 2.24) is 9.97 Å². The van der Waals surface area contributed by atoms with Crippen molar-refractivity contribution < 1.29 is 9.47 Å². The first kappa shape index (κ1) is 11.6. The smallest absolute Gasteiger partial charge is 0.221 e. The molecule has 1 aromatic heterocycles. The predicted molar refractivity (Wildman–Crippen MR) is 71.8 cm³/mol. The number of nitrogens with two attached hydrogens (primary N) is 1. The molecule has 0 saturated heterocycles. The number of hydrogen-bond acceptors (Lipinski definition) is 6. The van der Waals surface area contributed by atoms with E-state index in [1.54, 1.807) is 12.3 Å². The van der Waals surface area contributed by atoms with E-state index in [4.69, 9.17) is 15.2 Å². The Balaban J connectivity index is 1.84. The lowest BCUT2D eigenvalue weighted by molar-refractivity contribution is 0.297. The third-order valence-corrected chi connectivity index (χ3v) is 2.69. The number of benzene rings is 1. The predicted octanol–water partition coefficient (Wildman–Crippen LogP) is 1.96. The quantitative estimate of drug-likeness (QED) is 0.857. The molecule has 6 heteroatoms. The van der Waals surface area contributed by atoms with Crippen LogP contribution >= 0.6 is 0 Å². The van der Waals surface area contributed by atoms with Gasteiger partial charge in [0.05, 0.1) is 13.2 Å². The fraction of sp³-hybridized carbons (Fsp3) is 0.231. The van der Waals surface area contributed by atoms with Crippen LogP contribution in [0.5, 0.6) is 11.5 Å². The molecule has 2 heterocycles. The van der Waals surface area contributed by atoms with Crippen LogP contribution in [0.4, 0.5) is 17.5 Å². The zero-order valence-corrected chi connectivity index (χ0v) is 10.3. The second-order valence-electron chi connectivity index (χ2n) is 4.14. The summed E-state index contributed by atoms with van der Waals surface area (Å²) in [6.45, 7) is 1.35. The number of rotatable bonds is 2. The van der Waals surface area contributed by atoms with E-state index in [1.165, 1.54) is 0 Å². The Kier molecular flexibility index (Phi) is 3.06. The Labute approximate surface area is 110 Å². The fourth-order valence-electron chi connectivity index (χ4n) is 1.83. The zero-order valence-electron chi connectivity index (χ0n) is 10.3. The van der Waals surface area contributed by atoms with Crippen molar-refractivity contribution >= 4 is 17.5 Å². The number of nitrogens with one attached hydrogen (secondary N) is 1. The molecule has 0 atom stereocenters. The molecule has 0 radical (unpaired) electrons. The van der Waals surface area contributed by atoms with Gasteiger partial charge in [-0.3, -0.25) is 0 Å². The molecule has 2 aromatic rings. The number of aromatic nitrogens is 2. The summed E-state index contributed by atoms with van der Waals surface area (Å²) in [7, 11) is 0. The minimum absolute atomic E-state index is 0.236. The summed E-state index contributed by atoms with van der Waals surface area (Å²) in [5, 5.41) is 3.15. The van der Waals surface area contributed by atoms with Crippen molar-refractivity contribution in [2.75, 3.05) is 24.3 Å². The Morgan fingerprint density at radius 2 is 1.95 bits per heavy atom. The molecule has 1 aromatic carbocycles. The SMILES string of the molecule is Nc1nccc(Nc2ccc3c(c2)OCCCO3)n1. The van der Waals surface area contributed by atoms with E-state index in [0.29, 0.717) is 19.0 Å². The fourth-order valence-corrected chi connectivity index (χ4v) is 1.83. The molecular weight excluding hydrogens is 244 g/mol. The average molecular weight is 258 g/mol. The van der Waals surface area contributed by atoms with Gasteiger partial charge in [-0.1, -0.05) is 0 Å². The van der Waals surface area contributed by atoms with E-state index in [9.17, 15) is 0 Å². The third kappa shape index (κ3) is 2.67. The highest BCUT2D eigenvalue weighted by molar-refractivity contribution is 5.61. The lowest BCUT2D eigenvalue weighted by atomic mass is 10.2.